The summed E-state index contributed by atoms with van der Waals surface area (Å²) in [6.07, 6.45) is 3.39. The summed E-state index contributed by atoms with van der Waals surface area (Å²) < 4.78 is 9.32. The Morgan fingerprint density at radius 1 is 0.857 bits per heavy atom. The highest BCUT2D eigenvalue weighted by Crippen LogP contribution is 2.16. The molecule has 2 rings (SSSR count). The van der Waals surface area contributed by atoms with Gasteiger partial charge in [0.05, 0.1) is 0 Å². The molecule has 0 amide bonds. The molecule has 5 nitrogen and oxygen atoms in total. The molecule has 0 unspecified atom stereocenters. The molecule has 0 radical (unpaired) electrons. The van der Waals surface area contributed by atoms with Crippen molar-refractivity contribution in [1.82, 2.24) is 0 Å². The number of nitriles is 2. The Morgan fingerprint density at radius 3 is 1.81 bits per heavy atom. The standard InChI is InChI=1S/C16H10N2O3/c17-10-20-14-5-1-12(2-6-14)9-16(19)13-3-7-15(8-4-13)21-11-18/h1-8H,9H2. The topological polar surface area (TPSA) is 83.1 Å². The molecule has 0 heterocycles. The van der Waals surface area contributed by atoms with Crippen molar-refractivity contribution in [2.75, 3.05) is 0 Å². The van der Waals surface area contributed by atoms with E-state index in [-0.39, 0.29) is 12.2 Å². The first-order chi connectivity index (χ1) is 10.2. The molecule has 0 N–H and O–H groups in total. The lowest BCUT2D eigenvalue weighted by atomic mass is 10.0. The van der Waals surface area contributed by atoms with Crippen molar-refractivity contribution < 1.29 is 14.3 Å². The summed E-state index contributed by atoms with van der Waals surface area (Å²) in [6, 6.07) is 13.1. The van der Waals surface area contributed by atoms with Gasteiger partial charge in [-0.25, -0.2) is 0 Å². The first kappa shape index (κ1) is 14.1. The molecule has 21 heavy (non-hydrogen) atoms. The molecule has 102 valence electrons. The number of hydrogen-bond acceptors (Lipinski definition) is 5. The Labute approximate surface area is 121 Å². The zero-order valence-corrected chi connectivity index (χ0v) is 10.9. The maximum atomic E-state index is 12.1. The quantitative estimate of drug-likeness (QED) is 0.620. The Kier molecular flexibility index (Phi) is 4.53. The first-order valence-electron chi connectivity index (χ1n) is 6.07. The number of ketones is 1. The highest BCUT2D eigenvalue weighted by Gasteiger charge is 2.07. The number of carbonyl (C=O) groups is 1. The predicted octanol–water partition coefficient (Wildman–Crippen LogP) is 2.83. The van der Waals surface area contributed by atoms with Crippen molar-refractivity contribution >= 4 is 5.78 Å². The molecule has 0 aliphatic rings. The van der Waals surface area contributed by atoms with Crippen LogP contribution in [-0.4, -0.2) is 5.78 Å². The highest BCUT2D eigenvalue weighted by molar-refractivity contribution is 5.97. The third-order valence-electron chi connectivity index (χ3n) is 2.79. The van der Waals surface area contributed by atoms with Crippen molar-refractivity contribution in [3.05, 3.63) is 59.7 Å². The molecular weight excluding hydrogens is 268 g/mol. The van der Waals surface area contributed by atoms with Gasteiger partial charge in [-0.15, -0.1) is 10.5 Å². The van der Waals surface area contributed by atoms with E-state index in [0.717, 1.165) is 5.56 Å². The van der Waals surface area contributed by atoms with Crippen LogP contribution in [0.15, 0.2) is 48.5 Å². The minimum Gasteiger partial charge on any atom is -0.388 e. The molecule has 2 aromatic carbocycles. The smallest absolute Gasteiger partial charge is 0.292 e. The van der Waals surface area contributed by atoms with Gasteiger partial charge in [-0.2, -0.15) is 0 Å². The molecule has 5 heteroatoms. The number of ether oxygens (including phenoxy) is 2. The van der Waals surface area contributed by atoms with Crippen LogP contribution in [0.25, 0.3) is 0 Å². The predicted molar refractivity (Wildman–Crippen MR) is 73.4 cm³/mol. The van der Waals surface area contributed by atoms with E-state index in [1.807, 2.05) is 0 Å². The van der Waals surface area contributed by atoms with Gasteiger partial charge in [-0.05, 0) is 42.0 Å². The van der Waals surface area contributed by atoms with Gasteiger partial charge in [0, 0.05) is 12.0 Å². The molecule has 0 aliphatic carbocycles. The van der Waals surface area contributed by atoms with Crippen LogP contribution < -0.4 is 9.47 Å². The van der Waals surface area contributed by atoms with Gasteiger partial charge in [-0.1, -0.05) is 12.1 Å². The highest BCUT2D eigenvalue weighted by atomic mass is 16.5. The van der Waals surface area contributed by atoms with E-state index in [9.17, 15) is 4.79 Å². The fourth-order valence-corrected chi connectivity index (χ4v) is 1.78. The molecule has 0 bridgehead atoms. The van der Waals surface area contributed by atoms with Crippen LogP contribution in [0.4, 0.5) is 0 Å². The van der Waals surface area contributed by atoms with E-state index >= 15 is 0 Å². The Hall–Kier alpha value is -3.31. The Bertz CT molecular complexity index is 707. The summed E-state index contributed by atoms with van der Waals surface area (Å²) in [5.41, 5.74) is 1.36. The summed E-state index contributed by atoms with van der Waals surface area (Å²) in [6.45, 7) is 0. The molecule has 0 spiro atoms. The van der Waals surface area contributed by atoms with Crippen molar-refractivity contribution in [2.24, 2.45) is 0 Å². The lowest BCUT2D eigenvalue weighted by molar-refractivity contribution is 0.0993. The van der Waals surface area contributed by atoms with Crippen LogP contribution in [-0.2, 0) is 6.42 Å². The maximum Gasteiger partial charge on any atom is 0.292 e. The van der Waals surface area contributed by atoms with Gasteiger partial charge in [0.15, 0.2) is 5.78 Å². The molecule has 0 fully saturated rings. The second kappa shape index (κ2) is 6.74. The van der Waals surface area contributed by atoms with Crippen molar-refractivity contribution in [2.45, 2.75) is 6.42 Å². The third-order valence-corrected chi connectivity index (χ3v) is 2.79. The second-order valence-electron chi connectivity index (χ2n) is 4.15. The molecule has 0 saturated heterocycles. The second-order valence-corrected chi connectivity index (χ2v) is 4.15. The van der Waals surface area contributed by atoms with Gasteiger partial charge in [0.2, 0.25) is 0 Å². The number of benzene rings is 2. The Morgan fingerprint density at radius 2 is 1.33 bits per heavy atom. The van der Waals surface area contributed by atoms with E-state index < -0.39 is 0 Å². The van der Waals surface area contributed by atoms with Gasteiger partial charge < -0.3 is 9.47 Å². The SMILES string of the molecule is N#COc1ccc(CC(=O)c2ccc(OC#N)cc2)cc1. The minimum atomic E-state index is -0.0486. The summed E-state index contributed by atoms with van der Waals surface area (Å²) in [7, 11) is 0. The van der Waals surface area contributed by atoms with Crippen LogP contribution in [0.5, 0.6) is 11.5 Å². The largest absolute Gasteiger partial charge is 0.388 e. The van der Waals surface area contributed by atoms with Crippen molar-refractivity contribution in [1.29, 1.82) is 10.5 Å². The number of Topliss-reactive ketones (excluding diaryl/α,β-unsaturated/α-hetero) is 1. The number of rotatable bonds is 5. The average molecular weight is 278 g/mol. The van der Waals surface area contributed by atoms with E-state index in [1.54, 1.807) is 61.0 Å². The van der Waals surface area contributed by atoms with Gasteiger partial charge in [0.25, 0.3) is 12.5 Å². The first-order valence-corrected chi connectivity index (χ1v) is 6.07. The molecule has 0 saturated carbocycles. The monoisotopic (exact) mass is 278 g/mol. The van der Waals surface area contributed by atoms with Gasteiger partial charge in [-0.3, -0.25) is 4.79 Å². The molecular formula is C16H10N2O3. The lowest BCUT2D eigenvalue weighted by Crippen LogP contribution is -2.03. The fraction of sp³-hybridized carbons (Fsp3) is 0.0625. The van der Waals surface area contributed by atoms with E-state index in [1.165, 1.54) is 0 Å². The molecule has 2 aromatic rings. The van der Waals surface area contributed by atoms with Crippen LogP contribution in [0, 0.1) is 23.0 Å². The van der Waals surface area contributed by atoms with E-state index in [4.69, 9.17) is 10.5 Å². The summed E-state index contributed by atoms with van der Waals surface area (Å²) in [4.78, 5) is 12.1. The molecule has 0 aromatic heterocycles. The fourth-order valence-electron chi connectivity index (χ4n) is 1.78. The minimum absolute atomic E-state index is 0.0486. The van der Waals surface area contributed by atoms with Gasteiger partial charge in [0.1, 0.15) is 11.5 Å². The molecule has 0 aliphatic heterocycles. The van der Waals surface area contributed by atoms with Crippen LogP contribution in [0.1, 0.15) is 15.9 Å². The van der Waals surface area contributed by atoms with Crippen LogP contribution in [0.2, 0.25) is 0 Å². The maximum absolute atomic E-state index is 12.1. The van der Waals surface area contributed by atoms with Crippen molar-refractivity contribution in [3.8, 4) is 24.0 Å². The number of hydrogen-bond donors (Lipinski definition) is 0. The third kappa shape index (κ3) is 3.82. The lowest BCUT2D eigenvalue weighted by Gasteiger charge is -2.03. The van der Waals surface area contributed by atoms with Crippen LogP contribution in [0.3, 0.4) is 0 Å². The summed E-state index contributed by atoms with van der Waals surface area (Å²) in [5, 5.41) is 16.8. The number of carbonyl (C=O) groups excluding carboxylic acids is 1. The molecule has 0 atom stereocenters. The normalized spacial score (nSPS) is 9.24. The summed E-state index contributed by atoms with van der Waals surface area (Å²) in [5.74, 6) is 0.784. The zero-order valence-electron chi connectivity index (χ0n) is 10.9. The Balaban J connectivity index is 2.04. The zero-order chi connectivity index (χ0) is 15.1. The average Bonchev–Trinajstić information content (AvgIpc) is 2.50. The van der Waals surface area contributed by atoms with Crippen molar-refractivity contribution in [3.63, 3.8) is 0 Å². The van der Waals surface area contributed by atoms with Crippen LogP contribution >= 0.6 is 0 Å². The van der Waals surface area contributed by atoms with E-state index in [2.05, 4.69) is 9.47 Å². The number of nitrogens with zero attached hydrogens (tertiary/aromatic N) is 2. The van der Waals surface area contributed by atoms with E-state index in [0.29, 0.717) is 17.1 Å². The van der Waals surface area contributed by atoms with Gasteiger partial charge >= 0.3 is 0 Å². The summed E-state index contributed by atoms with van der Waals surface area (Å²) >= 11 is 0.